The molecule has 0 aliphatic heterocycles. The van der Waals surface area contributed by atoms with Crippen molar-refractivity contribution in [3.05, 3.63) is 30.1 Å². The van der Waals surface area contributed by atoms with Gasteiger partial charge in [-0.15, -0.1) is 0 Å². The summed E-state index contributed by atoms with van der Waals surface area (Å²) < 4.78 is 6.48. The average molecular weight is 305 g/mol. The maximum absolute atomic E-state index is 12.1. The van der Waals surface area contributed by atoms with Crippen molar-refractivity contribution in [3.63, 3.8) is 0 Å². The third kappa shape index (κ3) is 3.01. The summed E-state index contributed by atoms with van der Waals surface area (Å²) in [6, 6.07) is -0.328. The van der Waals surface area contributed by atoms with Crippen molar-refractivity contribution in [2.24, 2.45) is 0 Å². The Bertz CT molecular complexity index is 624. The van der Waals surface area contributed by atoms with E-state index in [-0.39, 0.29) is 24.4 Å². The number of imidazole rings is 1. The third-order valence-corrected chi connectivity index (χ3v) is 4.15. The summed E-state index contributed by atoms with van der Waals surface area (Å²) in [5.41, 5.74) is 1.13. The minimum atomic E-state index is -0.636. The molecule has 1 amide bonds. The molecule has 2 heterocycles. The van der Waals surface area contributed by atoms with E-state index in [1.54, 1.807) is 19.4 Å². The molecule has 1 saturated carbocycles. The monoisotopic (exact) mass is 305 g/mol. The highest BCUT2D eigenvalue weighted by Gasteiger charge is 2.33. The zero-order valence-electron chi connectivity index (χ0n) is 12.3. The average Bonchev–Trinajstić information content (AvgIpc) is 3.14. The molecule has 0 bridgehead atoms. The van der Waals surface area contributed by atoms with Crippen LogP contribution in [-0.2, 0) is 11.2 Å². The Morgan fingerprint density at radius 3 is 3.05 bits per heavy atom. The van der Waals surface area contributed by atoms with Crippen molar-refractivity contribution in [1.82, 2.24) is 25.2 Å². The Hall–Kier alpha value is -2.22. The molecule has 1 aliphatic carbocycles. The molecule has 0 spiro atoms. The van der Waals surface area contributed by atoms with Crippen molar-refractivity contribution >= 4 is 5.91 Å². The van der Waals surface area contributed by atoms with Gasteiger partial charge in [0.05, 0.1) is 30.9 Å². The first-order valence-corrected chi connectivity index (χ1v) is 7.38. The zero-order chi connectivity index (χ0) is 15.5. The van der Waals surface area contributed by atoms with E-state index < -0.39 is 6.10 Å². The number of nitrogens with one attached hydrogen (secondary N) is 1. The minimum absolute atomic E-state index is 0.0583. The van der Waals surface area contributed by atoms with Crippen molar-refractivity contribution in [3.8, 4) is 0 Å². The van der Waals surface area contributed by atoms with Crippen LogP contribution in [0.4, 0.5) is 0 Å². The lowest BCUT2D eigenvalue weighted by atomic mass is 9.88. The van der Waals surface area contributed by atoms with Gasteiger partial charge in [-0.3, -0.25) is 4.79 Å². The molecule has 2 aromatic rings. The van der Waals surface area contributed by atoms with Crippen molar-refractivity contribution in [2.45, 2.75) is 50.8 Å². The number of hydrogen-bond acceptors (Lipinski definition) is 6. The molecule has 2 aromatic heterocycles. The van der Waals surface area contributed by atoms with Gasteiger partial charge in [-0.25, -0.2) is 9.61 Å². The largest absolute Gasteiger partial charge is 0.389 e. The van der Waals surface area contributed by atoms with Gasteiger partial charge < -0.3 is 15.0 Å². The Labute approximate surface area is 127 Å². The van der Waals surface area contributed by atoms with E-state index in [1.165, 1.54) is 0 Å². The van der Waals surface area contributed by atoms with Gasteiger partial charge in [0.2, 0.25) is 5.91 Å². The minimum Gasteiger partial charge on any atom is -0.389 e. The second kappa shape index (κ2) is 6.27. The fourth-order valence-corrected chi connectivity index (χ4v) is 2.92. The predicted octanol–water partition coefficient (Wildman–Crippen LogP) is 0.388. The first-order chi connectivity index (χ1) is 10.6. The number of carbonyl (C=O) groups excluding carboxylic acids is 1. The van der Waals surface area contributed by atoms with Gasteiger partial charge >= 0.3 is 0 Å². The van der Waals surface area contributed by atoms with Crippen molar-refractivity contribution < 1.29 is 14.5 Å². The van der Waals surface area contributed by atoms with Crippen LogP contribution in [0.25, 0.3) is 0 Å². The van der Waals surface area contributed by atoms with Crippen LogP contribution in [0.15, 0.2) is 23.4 Å². The predicted molar refractivity (Wildman–Crippen MR) is 75.8 cm³/mol. The number of aryl methyl sites for hydroxylation is 1. The molecule has 2 N–H and O–H groups in total. The molecular formula is C14H19N5O3. The van der Waals surface area contributed by atoms with E-state index >= 15 is 0 Å². The number of amides is 1. The SMILES string of the molecule is Cc1nonc1CC(=O)N[C@@H]1CCC[C@@H](n2ccnc2)[C@@H]1O. The molecule has 8 nitrogen and oxygen atoms in total. The van der Waals surface area contributed by atoms with Gasteiger partial charge in [-0.2, -0.15) is 0 Å². The fourth-order valence-electron chi connectivity index (χ4n) is 2.92. The highest BCUT2D eigenvalue weighted by Crippen LogP contribution is 2.28. The number of hydrogen-bond donors (Lipinski definition) is 2. The van der Waals surface area contributed by atoms with Crippen LogP contribution in [0.1, 0.15) is 36.7 Å². The molecule has 0 saturated heterocycles. The highest BCUT2D eigenvalue weighted by molar-refractivity contribution is 5.78. The van der Waals surface area contributed by atoms with E-state index in [1.807, 2.05) is 10.8 Å². The quantitative estimate of drug-likeness (QED) is 0.846. The molecule has 0 radical (unpaired) electrons. The summed E-state index contributed by atoms with van der Waals surface area (Å²) in [4.78, 5) is 16.1. The van der Waals surface area contributed by atoms with E-state index in [9.17, 15) is 9.90 Å². The summed E-state index contributed by atoms with van der Waals surface area (Å²) in [5, 5.41) is 20.8. The molecule has 118 valence electrons. The van der Waals surface area contributed by atoms with E-state index in [4.69, 9.17) is 0 Å². The maximum atomic E-state index is 12.1. The van der Waals surface area contributed by atoms with Crippen LogP contribution < -0.4 is 5.32 Å². The number of nitrogens with zero attached hydrogens (tertiary/aromatic N) is 4. The molecule has 1 aliphatic rings. The lowest BCUT2D eigenvalue weighted by Crippen LogP contribution is -2.49. The smallest absolute Gasteiger partial charge is 0.226 e. The maximum Gasteiger partial charge on any atom is 0.226 e. The number of carbonyl (C=O) groups is 1. The number of aromatic nitrogens is 4. The number of rotatable bonds is 4. The summed E-state index contributed by atoms with van der Waals surface area (Å²) in [7, 11) is 0. The second-order valence-electron chi connectivity index (χ2n) is 5.65. The van der Waals surface area contributed by atoms with Crippen LogP contribution in [0, 0.1) is 6.92 Å². The van der Waals surface area contributed by atoms with Gasteiger partial charge in [0.25, 0.3) is 0 Å². The van der Waals surface area contributed by atoms with Crippen LogP contribution >= 0.6 is 0 Å². The Morgan fingerprint density at radius 1 is 1.50 bits per heavy atom. The van der Waals surface area contributed by atoms with Crippen molar-refractivity contribution in [2.75, 3.05) is 0 Å². The fraction of sp³-hybridized carbons (Fsp3) is 0.571. The normalized spacial score (nSPS) is 25.1. The first-order valence-electron chi connectivity index (χ1n) is 7.38. The Balaban J connectivity index is 1.62. The van der Waals surface area contributed by atoms with E-state index in [0.717, 1.165) is 19.3 Å². The summed E-state index contributed by atoms with van der Waals surface area (Å²) in [5.74, 6) is -0.186. The molecule has 3 atom stereocenters. The van der Waals surface area contributed by atoms with Crippen LogP contribution in [-0.4, -0.2) is 43.0 Å². The van der Waals surface area contributed by atoms with Crippen LogP contribution in [0.3, 0.4) is 0 Å². The summed E-state index contributed by atoms with van der Waals surface area (Å²) in [6.07, 6.45) is 7.26. The van der Waals surface area contributed by atoms with Gasteiger partial charge in [-0.05, 0) is 26.2 Å². The van der Waals surface area contributed by atoms with Crippen LogP contribution in [0.2, 0.25) is 0 Å². The third-order valence-electron chi connectivity index (χ3n) is 4.15. The highest BCUT2D eigenvalue weighted by atomic mass is 16.6. The van der Waals surface area contributed by atoms with Gasteiger partial charge in [-0.1, -0.05) is 10.3 Å². The topological polar surface area (TPSA) is 106 Å². The Kier molecular flexibility index (Phi) is 4.19. The molecule has 0 aromatic carbocycles. The number of aliphatic hydroxyl groups excluding tert-OH is 1. The molecule has 3 rings (SSSR count). The molecule has 22 heavy (non-hydrogen) atoms. The lowest BCUT2D eigenvalue weighted by molar-refractivity contribution is -0.122. The van der Waals surface area contributed by atoms with E-state index in [2.05, 4.69) is 25.2 Å². The second-order valence-corrected chi connectivity index (χ2v) is 5.65. The van der Waals surface area contributed by atoms with Gasteiger partial charge in [0.1, 0.15) is 11.4 Å². The first kappa shape index (κ1) is 14.7. The molecule has 8 heteroatoms. The van der Waals surface area contributed by atoms with Gasteiger partial charge in [0, 0.05) is 12.4 Å². The molecule has 0 unspecified atom stereocenters. The Morgan fingerprint density at radius 2 is 2.36 bits per heavy atom. The molecule has 1 fully saturated rings. The van der Waals surface area contributed by atoms with Crippen LogP contribution in [0.5, 0.6) is 0 Å². The van der Waals surface area contributed by atoms with Gasteiger partial charge in [0.15, 0.2) is 0 Å². The summed E-state index contributed by atoms with van der Waals surface area (Å²) in [6.45, 7) is 1.74. The zero-order valence-corrected chi connectivity index (χ0v) is 12.3. The summed E-state index contributed by atoms with van der Waals surface area (Å²) >= 11 is 0. The standard InChI is InChI=1S/C14H19N5O3/c1-9-11(18-22-17-9)7-13(20)16-10-3-2-4-12(14(10)21)19-6-5-15-8-19/h5-6,8,10,12,14,21H,2-4,7H2,1H3,(H,16,20)/t10-,12-,14-/m1/s1. The molecular weight excluding hydrogens is 286 g/mol. The lowest BCUT2D eigenvalue weighted by Gasteiger charge is -2.35. The van der Waals surface area contributed by atoms with Crippen molar-refractivity contribution in [1.29, 1.82) is 0 Å². The van der Waals surface area contributed by atoms with E-state index in [0.29, 0.717) is 11.4 Å². The number of aliphatic hydroxyl groups is 1.